The number of pyridine rings is 1. The predicted molar refractivity (Wildman–Crippen MR) is 91.5 cm³/mol. The van der Waals surface area contributed by atoms with E-state index in [1.165, 1.54) is 23.8 Å². The van der Waals surface area contributed by atoms with E-state index in [-0.39, 0.29) is 5.75 Å². The predicted octanol–water partition coefficient (Wildman–Crippen LogP) is 3.78. The normalized spacial score (nSPS) is 11.0. The average Bonchev–Trinajstić information content (AvgIpc) is 2.58. The maximum Gasteiger partial charge on any atom is 0.297 e. The summed E-state index contributed by atoms with van der Waals surface area (Å²) in [6.45, 7) is 2.70. The second-order valence-corrected chi connectivity index (χ2v) is 5.80. The molecule has 0 saturated heterocycles. The highest BCUT2D eigenvalue weighted by Gasteiger charge is 2.15. The Morgan fingerprint density at radius 2 is 1.74 bits per heavy atom. The Morgan fingerprint density at radius 3 is 2.43 bits per heavy atom. The molecule has 0 aliphatic carbocycles. The molecule has 0 saturated carbocycles. The Bertz CT molecular complexity index is 721. The molecule has 0 bridgehead atoms. The lowest BCUT2D eigenvalue weighted by Gasteiger charge is -2.13. The zero-order chi connectivity index (χ0) is 16.8. The van der Waals surface area contributed by atoms with Crippen molar-refractivity contribution in [2.24, 2.45) is 0 Å². The molecule has 0 atom stereocenters. The van der Waals surface area contributed by atoms with E-state index in [0.29, 0.717) is 23.2 Å². The molecular formula is C18H25NO4. The number of methoxy groups -OCH3 is 1. The van der Waals surface area contributed by atoms with Crippen LogP contribution in [0, 0.1) is 0 Å². The zero-order valence-electron chi connectivity index (χ0n) is 13.8. The minimum absolute atomic E-state index is 0.369. The Morgan fingerprint density at radius 1 is 1.04 bits per heavy atom. The fourth-order valence-corrected chi connectivity index (χ4v) is 2.80. The second-order valence-electron chi connectivity index (χ2n) is 5.80. The lowest BCUT2D eigenvalue weighted by Crippen LogP contribution is -2.20. The fraction of sp³-hybridized carbons (Fsp3) is 0.500. The van der Waals surface area contributed by atoms with Gasteiger partial charge >= 0.3 is 0 Å². The van der Waals surface area contributed by atoms with Crippen LogP contribution in [0.4, 0.5) is 0 Å². The molecule has 23 heavy (non-hydrogen) atoms. The molecule has 0 aliphatic heterocycles. The highest BCUT2D eigenvalue weighted by Crippen LogP contribution is 2.32. The molecule has 0 fully saturated rings. The second kappa shape index (κ2) is 7.90. The van der Waals surface area contributed by atoms with Crippen LogP contribution in [0.3, 0.4) is 0 Å². The highest BCUT2D eigenvalue weighted by molar-refractivity contribution is 5.88. The number of hydrogen-bond acceptors (Lipinski definition) is 4. The first kappa shape index (κ1) is 17.2. The van der Waals surface area contributed by atoms with Gasteiger partial charge < -0.3 is 19.5 Å². The van der Waals surface area contributed by atoms with Crippen molar-refractivity contribution in [1.82, 2.24) is 4.57 Å². The SMILES string of the molecule is CCCCCCCCn1c(=O)c(O)c(O)c2ccc(OC)cc21. The lowest BCUT2D eigenvalue weighted by atomic mass is 10.1. The molecule has 1 aromatic heterocycles. The summed E-state index contributed by atoms with van der Waals surface area (Å²) in [6.07, 6.45) is 6.70. The van der Waals surface area contributed by atoms with Gasteiger partial charge in [0, 0.05) is 18.0 Å². The van der Waals surface area contributed by atoms with Gasteiger partial charge in [-0.2, -0.15) is 0 Å². The summed E-state index contributed by atoms with van der Waals surface area (Å²) in [5, 5.41) is 20.3. The molecular weight excluding hydrogens is 294 g/mol. The number of nitrogens with zero attached hydrogens (tertiary/aromatic N) is 1. The number of benzene rings is 1. The summed E-state index contributed by atoms with van der Waals surface area (Å²) < 4.78 is 6.72. The Labute approximate surface area is 136 Å². The summed E-state index contributed by atoms with van der Waals surface area (Å²) >= 11 is 0. The van der Waals surface area contributed by atoms with Crippen molar-refractivity contribution in [1.29, 1.82) is 0 Å². The minimum Gasteiger partial charge on any atom is -0.504 e. The van der Waals surface area contributed by atoms with Crippen molar-refractivity contribution in [3.05, 3.63) is 28.6 Å². The monoisotopic (exact) mass is 319 g/mol. The van der Waals surface area contributed by atoms with E-state index in [2.05, 4.69) is 6.92 Å². The summed E-state index contributed by atoms with van der Waals surface area (Å²) in [6, 6.07) is 5.06. The lowest BCUT2D eigenvalue weighted by molar-refractivity contribution is 0.395. The van der Waals surface area contributed by atoms with Crippen LogP contribution in [-0.2, 0) is 6.54 Å². The summed E-state index contributed by atoms with van der Waals surface area (Å²) in [7, 11) is 1.55. The molecule has 126 valence electrons. The molecule has 2 rings (SSSR count). The van der Waals surface area contributed by atoms with Gasteiger partial charge in [0.1, 0.15) is 5.75 Å². The van der Waals surface area contributed by atoms with Crippen molar-refractivity contribution in [3.8, 4) is 17.2 Å². The quantitative estimate of drug-likeness (QED) is 0.726. The van der Waals surface area contributed by atoms with E-state index in [0.717, 1.165) is 19.3 Å². The van der Waals surface area contributed by atoms with Gasteiger partial charge in [-0.05, 0) is 18.6 Å². The molecule has 0 radical (unpaired) electrons. The number of unbranched alkanes of at least 4 members (excludes halogenated alkanes) is 5. The largest absolute Gasteiger partial charge is 0.504 e. The van der Waals surface area contributed by atoms with Crippen molar-refractivity contribution in [3.63, 3.8) is 0 Å². The van der Waals surface area contributed by atoms with Crippen LogP contribution in [0.15, 0.2) is 23.0 Å². The van der Waals surface area contributed by atoms with Gasteiger partial charge in [-0.15, -0.1) is 0 Å². The number of rotatable bonds is 8. The van der Waals surface area contributed by atoms with Gasteiger partial charge in [0.15, 0.2) is 5.75 Å². The number of fused-ring (bicyclic) bond motifs is 1. The van der Waals surface area contributed by atoms with Gasteiger partial charge in [-0.25, -0.2) is 0 Å². The number of ether oxygens (including phenoxy) is 1. The topological polar surface area (TPSA) is 71.7 Å². The van der Waals surface area contributed by atoms with Crippen LogP contribution in [0.2, 0.25) is 0 Å². The van der Waals surface area contributed by atoms with E-state index in [1.807, 2.05) is 0 Å². The molecule has 1 aromatic carbocycles. The third-order valence-corrected chi connectivity index (χ3v) is 4.16. The minimum atomic E-state index is -0.589. The maximum absolute atomic E-state index is 12.3. The van der Waals surface area contributed by atoms with Crippen molar-refractivity contribution in [2.75, 3.05) is 7.11 Å². The molecule has 0 amide bonds. The standard InChI is InChI=1S/C18H25NO4/c1-3-4-5-6-7-8-11-19-15-12-13(23-2)9-10-14(15)16(20)17(21)18(19)22/h9-10,12,20-21H,3-8,11H2,1-2H3. The van der Waals surface area contributed by atoms with E-state index in [9.17, 15) is 15.0 Å². The summed E-state index contributed by atoms with van der Waals surface area (Å²) in [5.74, 6) is -0.348. The van der Waals surface area contributed by atoms with Crippen LogP contribution in [0.25, 0.3) is 10.9 Å². The summed E-state index contributed by atoms with van der Waals surface area (Å²) in [4.78, 5) is 12.3. The van der Waals surface area contributed by atoms with Crippen molar-refractivity contribution >= 4 is 10.9 Å². The molecule has 0 spiro atoms. The smallest absolute Gasteiger partial charge is 0.297 e. The van der Waals surface area contributed by atoms with Gasteiger partial charge in [-0.1, -0.05) is 39.0 Å². The van der Waals surface area contributed by atoms with E-state index < -0.39 is 11.3 Å². The number of aryl methyl sites for hydroxylation is 1. The fourth-order valence-electron chi connectivity index (χ4n) is 2.80. The first-order chi connectivity index (χ1) is 11.1. The third kappa shape index (κ3) is 3.78. The molecule has 1 heterocycles. The van der Waals surface area contributed by atoms with Crippen LogP contribution >= 0.6 is 0 Å². The zero-order valence-corrected chi connectivity index (χ0v) is 13.8. The molecule has 2 N–H and O–H groups in total. The molecule has 5 nitrogen and oxygen atoms in total. The molecule has 2 aromatic rings. The van der Waals surface area contributed by atoms with Crippen LogP contribution in [-0.4, -0.2) is 21.9 Å². The first-order valence-electron chi connectivity index (χ1n) is 8.22. The number of hydrogen-bond donors (Lipinski definition) is 2. The van der Waals surface area contributed by atoms with Crippen molar-refractivity contribution in [2.45, 2.75) is 52.0 Å². The molecule has 5 heteroatoms. The Hall–Kier alpha value is -2.17. The van der Waals surface area contributed by atoms with Gasteiger partial charge in [0.2, 0.25) is 5.75 Å². The van der Waals surface area contributed by atoms with E-state index >= 15 is 0 Å². The van der Waals surface area contributed by atoms with Crippen LogP contribution < -0.4 is 10.3 Å². The Balaban J connectivity index is 2.28. The average molecular weight is 319 g/mol. The third-order valence-electron chi connectivity index (χ3n) is 4.16. The molecule has 0 unspecified atom stereocenters. The maximum atomic E-state index is 12.3. The number of aromatic hydroxyl groups is 2. The number of aromatic nitrogens is 1. The van der Waals surface area contributed by atoms with Crippen LogP contribution in [0.5, 0.6) is 17.2 Å². The van der Waals surface area contributed by atoms with E-state index in [4.69, 9.17) is 4.74 Å². The van der Waals surface area contributed by atoms with Gasteiger partial charge in [0.05, 0.1) is 12.6 Å². The van der Waals surface area contributed by atoms with Gasteiger partial charge in [-0.3, -0.25) is 4.79 Å². The summed E-state index contributed by atoms with van der Waals surface area (Å²) in [5.41, 5.74) is 0.0232. The first-order valence-corrected chi connectivity index (χ1v) is 8.22. The van der Waals surface area contributed by atoms with Crippen LogP contribution in [0.1, 0.15) is 45.4 Å². The Kier molecular flexibility index (Phi) is 5.90. The highest BCUT2D eigenvalue weighted by atomic mass is 16.5. The van der Waals surface area contributed by atoms with E-state index in [1.54, 1.807) is 25.3 Å². The van der Waals surface area contributed by atoms with Gasteiger partial charge in [0.25, 0.3) is 5.56 Å². The van der Waals surface area contributed by atoms with Crippen molar-refractivity contribution < 1.29 is 14.9 Å². The molecule has 0 aliphatic rings.